The summed E-state index contributed by atoms with van der Waals surface area (Å²) >= 11 is 0. The summed E-state index contributed by atoms with van der Waals surface area (Å²) in [5.41, 5.74) is 7.28. The second kappa shape index (κ2) is 7.63. The van der Waals surface area contributed by atoms with Gasteiger partial charge in [0, 0.05) is 26.4 Å². The molecule has 0 radical (unpaired) electrons. The Morgan fingerprint density at radius 1 is 1.15 bits per heavy atom. The van der Waals surface area contributed by atoms with Gasteiger partial charge >= 0.3 is 6.01 Å². The van der Waals surface area contributed by atoms with Gasteiger partial charge in [0.2, 0.25) is 0 Å². The van der Waals surface area contributed by atoms with Gasteiger partial charge in [-0.1, -0.05) is 0 Å². The van der Waals surface area contributed by atoms with Crippen molar-refractivity contribution in [3.05, 3.63) is 0 Å². The van der Waals surface area contributed by atoms with Crippen LogP contribution in [0, 0.1) is 5.92 Å². The van der Waals surface area contributed by atoms with Crippen LogP contribution in [0.5, 0.6) is 12.0 Å². The molecule has 2 aromatic heterocycles. The molecule has 2 aromatic rings. The topological polar surface area (TPSA) is 107 Å². The van der Waals surface area contributed by atoms with Crippen molar-refractivity contribution in [1.82, 2.24) is 19.5 Å². The van der Waals surface area contributed by atoms with E-state index in [1.165, 1.54) is 0 Å². The van der Waals surface area contributed by atoms with Gasteiger partial charge in [0.05, 0.1) is 13.2 Å². The van der Waals surface area contributed by atoms with Crippen LogP contribution in [0.15, 0.2) is 0 Å². The van der Waals surface area contributed by atoms with Crippen molar-refractivity contribution in [1.29, 1.82) is 0 Å². The molecule has 0 amide bonds. The zero-order valence-corrected chi connectivity index (χ0v) is 15.0. The van der Waals surface area contributed by atoms with E-state index in [0.29, 0.717) is 35.5 Å². The van der Waals surface area contributed by atoms with Gasteiger partial charge < -0.3 is 24.7 Å². The van der Waals surface area contributed by atoms with Crippen molar-refractivity contribution in [2.75, 3.05) is 39.3 Å². The van der Waals surface area contributed by atoms with Gasteiger partial charge in [-0.2, -0.15) is 15.0 Å². The van der Waals surface area contributed by atoms with Crippen LogP contribution in [-0.4, -0.2) is 59.2 Å². The second-order valence-electron chi connectivity index (χ2n) is 6.77. The number of aromatic nitrogens is 4. The average Bonchev–Trinajstić information content (AvgIpc) is 3.29. The van der Waals surface area contributed by atoms with E-state index >= 15 is 0 Å². The Morgan fingerprint density at radius 2 is 2.00 bits per heavy atom. The quantitative estimate of drug-likeness (QED) is 0.821. The third-order valence-corrected chi connectivity index (χ3v) is 4.95. The standard InChI is InChI=1S/C17H25N5O4/c1-23-17-19-13-14(18)20-16(26-10-12-3-2-6-25-12)21-15(13)22(17)9-11-4-7-24-8-5-11/h11-12H,2-10H2,1H3,(H2,18,20,21)/t12-/m1/s1. The molecule has 4 rings (SSSR count). The Morgan fingerprint density at radius 3 is 2.73 bits per heavy atom. The summed E-state index contributed by atoms with van der Waals surface area (Å²) in [5.74, 6) is 0.781. The molecule has 0 aliphatic carbocycles. The number of rotatable bonds is 6. The van der Waals surface area contributed by atoms with Crippen LogP contribution in [-0.2, 0) is 16.0 Å². The Labute approximate surface area is 151 Å². The fourth-order valence-electron chi connectivity index (χ4n) is 3.50. The molecule has 0 saturated carbocycles. The van der Waals surface area contributed by atoms with E-state index in [-0.39, 0.29) is 12.1 Å². The number of nitrogens with two attached hydrogens (primary N) is 1. The van der Waals surface area contributed by atoms with Crippen LogP contribution >= 0.6 is 0 Å². The maximum absolute atomic E-state index is 6.10. The largest absolute Gasteiger partial charge is 0.468 e. The van der Waals surface area contributed by atoms with Crippen molar-refractivity contribution in [3.8, 4) is 12.0 Å². The minimum Gasteiger partial charge on any atom is -0.468 e. The summed E-state index contributed by atoms with van der Waals surface area (Å²) in [5, 5.41) is 0. The molecule has 2 aliphatic rings. The maximum atomic E-state index is 6.10. The summed E-state index contributed by atoms with van der Waals surface area (Å²) in [6, 6.07) is 0.741. The molecule has 0 bridgehead atoms. The molecular formula is C17H25N5O4. The molecule has 9 nitrogen and oxygen atoms in total. The lowest BCUT2D eigenvalue weighted by Gasteiger charge is -2.22. The second-order valence-corrected chi connectivity index (χ2v) is 6.77. The first-order valence-electron chi connectivity index (χ1n) is 9.14. The van der Waals surface area contributed by atoms with Crippen molar-refractivity contribution in [2.45, 2.75) is 38.3 Å². The van der Waals surface area contributed by atoms with Gasteiger partial charge in [0.15, 0.2) is 17.0 Å². The normalized spacial score (nSPS) is 21.3. The molecular weight excluding hydrogens is 338 g/mol. The Balaban J connectivity index is 1.60. The predicted octanol–water partition coefficient (Wildman–Crippen LogP) is 1.40. The lowest BCUT2D eigenvalue weighted by atomic mass is 10.0. The lowest BCUT2D eigenvalue weighted by molar-refractivity contribution is 0.0607. The van der Waals surface area contributed by atoms with Crippen molar-refractivity contribution in [2.24, 2.45) is 5.92 Å². The highest BCUT2D eigenvalue weighted by Gasteiger charge is 2.23. The van der Waals surface area contributed by atoms with E-state index in [1.54, 1.807) is 7.11 Å². The van der Waals surface area contributed by atoms with Gasteiger partial charge in [-0.25, -0.2) is 0 Å². The SMILES string of the molecule is COc1nc2c(N)nc(OC[C@H]3CCCO3)nc2n1CC1CCOCC1. The first-order valence-corrected chi connectivity index (χ1v) is 9.14. The summed E-state index contributed by atoms with van der Waals surface area (Å²) < 4.78 is 24.2. The molecule has 9 heteroatoms. The Bertz CT molecular complexity index is 753. The van der Waals surface area contributed by atoms with Gasteiger partial charge in [0.1, 0.15) is 6.61 Å². The zero-order valence-electron chi connectivity index (χ0n) is 15.0. The van der Waals surface area contributed by atoms with Crippen LogP contribution in [0.2, 0.25) is 0 Å². The number of hydrogen-bond donors (Lipinski definition) is 1. The summed E-state index contributed by atoms with van der Waals surface area (Å²) in [4.78, 5) is 13.2. The van der Waals surface area contributed by atoms with Gasteiger partial charge in [-0.05, 0) is 31.6 Å². The van der Waals surface area contributed by atoms with Crippen LogP contribution in [0.4, 0.5) is 5.82 Å². The summed E-state index contributed by atoms with van der Waals surface area (Å²) in [6.45, 7) is 3.53. The average molecular weight is 363 g/mol. The summed E-state index contributed by atoms with van der Waals surface area (Å²) in [6.07, 6.45) is 4.16. The molecule has 0 unspecified atom stereocenters. The third-order valence-electron chi connectivity index (χ3n) is 4.95. The zero-order chi connectivity index (χ0) is 17.9. The molecule has 2 N–H and O–H groups in total. The first kappa shape index (κ1) is 17.3. The fourth-order valence-corrected chi connectivity index (χ4v) is 3.50. The molecule has 26 heavy (non-hydrogen) atoms. The molecule has 142 valence electrons. The minimum atomic E-state index is 0.0946. The highest BCUT2D eigenvalue weighted by atomic mass is 16.5. The van der Waals surface area contributed by atoms with Gasteiger partial charge in [-0.3, -0.25) is 4.57 Å². The number of methoxy groups -OCH3 is 1. The van der Waals surface area contributed by atoms with Crippen molar-refractivity contribution >= 4 is 17.0 Å². The van der Waals surface area contributed by atoms with E-state index in [2.05, 4.69) is 15.0 Å². The molecule has 0 spiro atoms. The third kappa shape index (κ3) is 3.54. The highest BCUT2D eigenvalue weighted by Crippen LogP contribution is 2.28. The molecule has 2 fully saturated rings. The van der Waals surface area contributed by atoms with Crippen molar-refractivity contribution < 1.29 is 18.9 Å². The van der Waals surface area contributed by atoms with Gasteiger partial charge in [0.25, 0.3) is 6.01 Å². The van der Waals surface area contributed by atoms with E-state index < -0.39 is 0 Å². The number of hydrogen-bond acceptors (Lipinski definition) is 8. The van der Waals surface area contributed by atoms with E-state index in [4.69, 9.17) is 24.7 Å². The van der Waals surface area contributed by atoms with Crippen LogP contribution < -0.4 is 15.2 Å². The first-order chi connectivity index (χ1) is 12.7. The van der Waals surface area contributed by atoms with Gasteiger partial charge in [-0.15, -0.1) is 0 Å². The smallest absolute Gasteiger partial charge is 0.320 e. The minimum absolute atomic E-state index is 0.0946. The fraction of sp³-hybridized carbons (Fsp3) is 0.706. The van der Waals surface area contributed by atoms with Crippen molar-refractivity contribution in [3.63, 3.8) is 0 Å². The Kier molecular flexibility index (Phi) is 5.07. The molecule has 2 saturated heterocycles. The maximum Gasteiger partial charge on any atom is 0.320 e. The monoisotopic (exact) mass is 363 g/mol. The molecule has 2 aliphatic heterocycles. The lowest BCUT2D eigenvalue weighted by Crippen LogP contribution is -2.21. The number of anilines is 1. The number of imidazole rings is 1. The Hall–Kier alpha value is -2.13. The number of nitrogens with zero attached hydrogens (tertiary/aromatic N) is 4. The van der Waals surface area contributed by atoms with E-state index in [1.807, 2.05) is 4.57 Å². The number of nitrogen functional groups attached to an aromatic ring is 1. The van der Waals surface area contributed by atoms with Crippen LogP contribution in [0.1, 0.15) is 25.7 Å². The van der Waals surface area contributed by atoms with E-state index in [0.717, 1.165) is 52.0 Å². The van der Waals surface area contributed by atoms with Crippen LogP contribution in [0.3, 0.4) is 0 Å². The van der Waals surface area contributed by atoms with E-state index in [9.17, 15) is 0 Å². The predicted molar refractivity (Wildman–Crippen MR) is 94.3 cm³/mol. The highest BCUT2D eigenvalue weighted by molar-refractivity contribution is 5.83. The van der Waals surface area contributed by atoms with Crippen LogP contribution in [0.25, 0.3) is 11.2 Å². The number of ether oxygens (including phenoxy) is 4. The number of fused-ring (bicyclic) bond motifs is 1. The molecule has 0 aromatic carbocycles. The molecule has 4 heterocycles. The molecule has 1 atom stereocenters. The summed E-state index contributed by atoms with van der Waals surface area (Å²) in [7, 11) is 1.60.